The third-order valence-electron chi connectivity index (χ3n) is 3.49. The fourth-order valence-electron chi connectivity index (χ4n) is 2.11. The third-order valence-corrected chi connectivity index (χ3v) is 4.13. The topological polar surface area (TPSA) is 123 Å². The van der Waals surface area contributed by atoms with Crippen LogP contribution in [0.3, 0.4) is 0 Å². The molecule has 3 amide bonds. The summed E-state index contributed by atoms with van der Waals surface area (Å²) in [6, 6.07) is -2.65. The summed E-state index contributed by atoms with van der Waals surface area (Å²) in [4.78, 5) is 49.1. The Morgan fingerprint density at radius 3 is 1.80 bits per heavy atom. The van der Waals surface area contributed by atoms with E-state index in [-0.39, 0.29) is 0 Å². The lowest BCUT2D eigenvalue weighted by Gasteiger charge is -2.25. The van der Waals surface area contributed by atoms with Crippen molar-refractivity contribution in [2.75, 3.05) is 12.0 Å². The van der Waals surface area contributed by atoms with Gasteiger partial charge in [-0.25, -0.2) is 9.59 Å². The van der Waals surface area contributed by atoms with Crippen LogP contribution in [0.2, 0.25) is 0 Å². The van der Waals surface area contributed by atoms with Crippen molar-refractivity contribution in [2.45, 2.75) is 91.1 Å². The zero-order valence-electron chi connectivity index (χ0n) is 19.5. The zero-order chi connectivity index (χ0) is 23.7. The van der Waals surface area contributed by atoms with Gasteiger partial charge < -0.3 is 25.4 Å². The number of carbonyl (C=O) groups is 4. The Morgan fingerprint density at radius 2 is 1.33 bits per heavy atom. The van der Waals surface area contributed by atoms with Crippen LogP contribution in [-0.2, 0) is 23.9 Å². The van der Waals surface area contributed by atoms with E-state index in [0.717, 1.165) is 0 Å². The summed E-state index contributed by atoms with van der Waals surface area (Å²) in [6.07, 6.45) is 1.51. The molecule has 0 aromatic carbocycles. The van der Waals surface area contributed by atoms with E-state index in [1.54, 1.807) is 41.5 Å². The first kappa shape index (κ1) is 28.0. The Balaban J connectivity index is 4.97. The van der Waals surface area contributed by atoms with Gasteiger partial charge in [0.1, 0.15) is 29.3 Å². The number of alkyl carbamates (subject to hydrolysis) is 1. The van der Waals surface area contributed by atoms with Gasteiger partial charge in [0, 0.05) is 0 Å². The normalized spacial score (nSPS) is 14.7. The molecule has 0 unspecified atom stereocenters. The number of esters is 1. The number of hydrogen-bond acceptors (Lipinski definition) is 7. The van der Waals surface area contributed by atoms with E-state index in [9.17, 15) is 19.2 Å². The minimum absolute atomic E-state index is 0.360. The van der Waals surface area contributed by atoms with Crippen LogP contribution in [0, 0.1) is 0 Å². The highest BCUT2D eigenvalue weighted by atomic mass is 32.2. The van der Waals surface area contributed by atoms with E-state index in [2.05, 4.69) is 16.0 Å². The first-order valence-electron chi connectivity index (χ1n) is 9.87. The molecule has 0 aliphatic rings. The zero-order valence-corrected chi connectivity index (χ0v) is 20.3. The van der Waals surface area contributed by atoms with Crippen molar-refractivity contribution in [1.82, 2.24) is 16.0 Å². The molecule has 0 bridgehead atoms. The van der Waals surface area contributed by atoms with Crippen molar-refractivity contribution in [3.63, 3.8) is 0 Å². The van der Waals surface area contributed by atoms with E-state index in [1.807, 2.05) is 6.26 Å². The summed E-state index contributed by atoms with van der Waals surface area (Å²) >= 11 is 1.52. The first-order chi connectivity index (χ1) is 13.6. The van der Waals surface area contributed by atoms with Gasteiger partial charge in [-0.1, -0.05) is 0 Å². The predicted octanol–water partition coefficient (Wildman–Crippen LogP) is 1.98. The van der Waals surface area contributed by atoms with Gasteiger partial charge >= 0.3 is 12.1 Å². The summed E-state index contributed by atoms with van der Waals surface area (Å²) in [5.74, 6) is -0.981. The standard InChI is InChI=1S/C20H37N3O6S/c1-12(22-18(27)29-20(6,7)8)15(24)23-14(10-11-30-9)16(25)21-13(2)17(26)28-19(3,4)5/h12-14H,10-11H2,1-9H3,(H,21,25)(H,22,27)(H,23,24)/t12-,13-,14-/m0/s1. The Hall–Kier alpha value is -1.97. The second-order valence-corrected chi connectivity index (χ2v) is 9.96. The number of amides is 3. The van der Waals surface area contributed by atoms with Crippen molar-refractivity contribution in [2.24, 2.45) is 0 Å². The minimum Gasteiger partial charge on any atom is -0.458 e. The highest BCUT2D eigenvalue weighted by Gasteiger charge is 2.29. The molecular weight excluding hydrogens is 410 g/mol. The average molecular weight is 448 g/mol. The van der Waals surface area contributed by atoms with Gasteiger partial charge in [0.25, 0.3) is 0 Å². The molecule has 0 saturated heterocycles. The smallest absolute Gasteiger partial charge is 0.408 e. The summed E-state index contributed by atoms with van der Waals surface area (Å²) in [5, 5.41) is 7.64. The third kappa shape index (κ3) is 12.6. The van der Waals surface area contributed by atoms with Gasteiger partial charge in [0.2, 0.25) is 11.8 Å². The van der Waals surface area contributed by atoms with Crippen LogP contribution in [0.15, 0.2) is 0 Å². The van der Waals surface area contributed by atoms with Gasteiger partial charge in [-0.2, -0.15) is 11.8 Å². The molecule has 0 heterocycles. The highest BCUT2D eigenvalue weighted by molar-refractivity contribution is 7.98. The average Bonchev–Trinajstić information content (AvgIpc) is 2.54. The molecule has 174 valence electrons. The van der Waals surface area contributed by atoms with Crippen LogP contribution >= 0.6 is 11.8 Å². The van der Waals surface area contributed by atoms with E-state index >= 15 is 0 Å². The molecular formula is C20H37N3O6S. The number of ether oxygens (including phenoxy) is 2. The number of thioether (sulfide) groups is 1. The van der Waals surface area contributed by atoms with Crippen molar-refractivity contribution in [3.05, 3.63) is 0 Å². The quantitative estimate of drug-likeness (QED) is 0.462. The molecule has 0 spiro atoms. The van der Waals surface area contributed by atoms with Crippen LogP contribution in [0.4, 0.5) is 4.79 Å². The molecule has 30 heavy (non-hydrogen) atoms. The number of hydrogen-bond donors (Lipinski definition) is 3. The molecule has 3 atom stereocenters. The maximum absolute atomic E-state index is 12.6. The summed E-state index contributed by atoms with van der Waals surface area (Å²) < 4.78 is 10.4. The largest absolute Gasteiger partial charge is 0.458 e. The molecule has 0 saturated carbocycles. The Labute approximate surface area is 183 Å². The molecule has 0 radical (unpaired) electrons. The molecule has 0 aliphatic carbocycles. The first-order valence-corrected chi connectivity index (χ1v) is 11.3. The van der Waals surface area contributed by atoms with E-state index in [4.69, 9.17) is 9.47 Å². The molecule has 0 fully saturated rings. The van der Waals surface area contributed by atoms with Crippen LogP contribution in [0.1, 0.15) is 61.8 Å². The number of rotatable bonds is 9. The molecule has 10 heteroatoms. The lowest BCUT2D eigenvalue weighted by molar-refractivity contribution is -0.158. The van der Waals surface area contributed by atoms with Crippen molar-refractivity contribution >= 4 is 35.6 Å². The summed E-state index contributed by atoms with van der Waals surface area (Å²) in [7, 11) is 0. The predicted molar refractivity (Wildman–Crippen MR) is 117 cm³/mol. The minimum atomic E-state index is -0.910. The van der Waals surface area contributed by atoms with Gasteiger partial charge in [-0.05, 0) is 73.8 Å². The van der Waals surface area contributed by atoms with Crippen LogP contribution in [-0.4, -0.2) is 65.2 Å². The molecule has 0 aromatic heterocycles. The van der Waals surface area contributed by atoms with Crippen LogP contribution in [0.5, 0.6) is 0 Å². The van der Waals surface area contributed by atoms with Crippen molar-refractivity contribution in [3.8, 4) is 0 Å². The van der Waals surface area contributed by atoms with Gasteiger partial charge in [0.05, 0.1) is 0 Å². The van der Waals surface area contributed by atoms with Gasteiger partial charge in [-0.15, -0.1) is 0 Å². The molecule has 9 nitrogen and oxygen atoms in total. The van der Waals surface area contributed by atoms with Crippen molar-refractivity contribution < 1.29 is 28.7 Å². The molecule has 0 aliphatic heterocycles. The lowest BCUT2D eigenvalue weighted by Crippen LogP contribution is -2.55. The van der Waals surface area contributed by atoms with Gasteiger partial charge in [-0.3, -0.25) is 9.59 Å². The lowest BCUT2D eigenvalue weighted by atomic mass is 10.1. The van der Waals surface area contributed by atoms with Crippen molar-refractivity contribution in [1.29, 1.82) is 0 Å². The SMILES string of the molecule is CSCC[C@H](NC(=O)[C@H](C)NC(=O)OC(C)(C)C)C(=O)N[C@@H](C)C(=O)OC(C)(C)C. The van der Waals surface area contributed by atoms with Crippen LogP contribution in [0.25, 0.3) is 0 Å². The second kappa shape index (κ2) is 12.0. The molecule has 0 aromatic rings. The van der Waals surface area contributed by atoms with E-state index in [1.165, 1.54) is 25.6 Å². The Bertz CT molecular complexity index is 613. The van der Waals surface area contributed by atoms with E-state index in [0.29, 0.717) is 12.2 Å². The fourth-order valence-corrected chi connectivity index (χ4v) is 2.59. The second-order valence-electron chi connectivity index (χ2n) is 8.97. The van der Waals surface area contributed by atoms with Gasteiger partial charge in [0.15, 0.2) is 0 Å². The maximum atomic E-state index is 12.6. The highest BCUT2D eigenvalue weighted by Crippen LogP contribution is 2.09. The Morgan fingerprint density at radius 1 is 0.800 bits per heavy atom. The van der Waals surface area contributed by atoms with E-state index < -0.39 is 53.2 Å². The molecule has 3 N–H and O–H groups in total. The summed E-state index contributed by atoms with van der Waals surface area (Å²) in [6.45, 7) is 13.4. The Kier molecular flexibility index (Phi) is 11.2. The molecule has 0 rings (SSSR count). The summed E-state index contributed by atoms with van der Waals surface area (Å²) in [5.41, 5.74) is -1.37. The fraction of sp³-hybridized carbons (Fsp3) is 0.800. The maximum Gasteiger partial charge on any atom is 0.408 e. The number of nitrogens with one attached hydrogen (secondary N) is 3. The monoisotopic (exact) mass is 447 g/mol. The van der Waals surface area contributed by atoms with Crippen LogP contribution < -0.4 is 16.0 Å². The number of carbonyl (C=O) groups excluding carboxylic acids is 4.